The van der Waals surface area contributed by atoms with Crippen LogP contribution in [-0.4, -0.2) is 6.47 Å². The fraction of sp³-hybridized carbons (Fsp3) is 0.154. The maximum absolute atomic E-state index is 10.1. The minimum absolute atomic E-state index is 0.528. The molecule has 0 atom stereocenters. The van der Waals surface area contributed by atoms with Crippen molar-refractivity contribution in [3.8, 4) is 5.75 Å². The molecule has 0 N–H and O–H groups in total. The van der Waals surface area contributed by atoms with E-state index in [2.05, 4.69) is 30.7 Å². The van der Waals surface area contributed by atoms with Gasteiger partial charge < -0.3 is 4.74 Å². The van der Waals surface area contributed by atoms with E-state index in [1.807, 2.05) is 12.1 Å². The molecule has 2 rings (SSSR count). The number of carbonyl (C=O) groups excluding carboxylic acids is 1. The van der Waals surface area contributed by atoms with Crippen LogP contribution in [0.15, 0.2) is 30.3 Å². The lowest BCUT2D eigenvalue weighted by molar-refractivity contribution is 0.443. The Kier molecular flexibility index (Phi) is 2.42. The fourth-order valence-electron chi connectivity index (χ4n) is 1.62. The van der Waals surface area contributed by atoms with Crippen molar-refractivity contribution >= 4 is 17.2 Å². The molecular weight excluding hydrogens is 188 g/mol. The molecular formula is C13H11O2. The molecule has 0 saturated heterocycles. The van der Waals surface area contributed by atoms with Crippen molar-refractivity contribution in [3.63, 3.8) is 0 Å². The number of benzene rings is 2. The van der Waals surface area contributed by atoms with Crippen LogP contribution in [0.1, 0.15) is 11.1 Å². The standard InChI is InChI=1S/C13H11O2/c1-9-5-11-3-4-13(15-8-14)7-12(11)6-10(9)2/h3-7H,1-2H3. The fourth-order valence-corrected chi connectivity index (χ4v) is 1.62. The second-order valence-electron chi connectivity index (χ2n) is 3.63. The largest absolute Gasteiger partial charge is 0.423 e. The van der Waals surface area contributed by atoms with Crippen LogP contribution in [0.4, 0.5) is 0 Å². The normalized spacial score (nSPS) is 10.3. The van der Waals surface area contributed by atoms with Crippen LogP contribution in [0.25, 0.3) is 10.8 Å². The summed E-state index contributed by atoms with van der Waals surface area (Å²) in [5, 5.41) is 2.22. The average Bonchev–Trinajstić information content (AvgIpc) is 2.21. The topological polar surface area (TPSA) is 26.3 Å². The predicted octanol–water partition coefficient (Wildman–Crippen LogP) is 2.90. The highest BCUT2D eigenvalue weighted by molar-refractivity contribution is 5.85. The van der Waals surface area contributed by atoms with E-state index in [0.717, 1.165) is 10.8 Å². The van der Waals surface area contributed by atoms with E-state index in [0.29, 0.717) is 5.75 Å². The zero-order chi connectivity index (χ0) is 10.8. The maximum atomic E-state index is 10.1. The summed E-state index contributed by atoms with van der Waals surface area (Å²) in [5.41, 5.74) is 2.49. The zero-order valence-electron chi connectivity index (χ0n) is 8.70. The first-order chi connectivity index (χ1) is 7.20. The van der Waals surface area contributed by atoms with Gasteiger partial charge in [-0.05, 0) is 47.9 Å². The molecule has 2 nitrogen and oxygen atoms in total. The highest BCUT2D eigenvalue weighted by atomic mass is 16.5. The van der Waals surface area contributed by atoms with Gasteiger partial charge in [-0.3, -0.25) is 0 Å². The second kappa shape index (κ2) is 3.73. The molecule has 15 heavy (non-hydrogen) atoms. The van der Waals surface area contributed by atoms with Gasteiger partial charge in [-0.1, -0.05) is 18.2 Å². The lowest BCUT2D eigenvalue weighted by Crippen LogP contribution is -1.88. The summed E-state index contributed by atoms with van der Waals surface area (Å²) in [7, 11) is 0. The van der Waals surface area contributed by atoms with Gasteiger partial charge in [0, 0.05) is 0 Å². The Balaban J connectivity index is 2.61. The minimum Gasteiger partial charge on any atom is -0.418 e. The van der Waals surface area contributed by atoms with Crippen molar-refractivity contribution in [2.45, 2.75) is 13.8 Å². The molecule has 0 aromatic heterocycles. The van der Waals surface area contributed by atoms with Gasteiger partial charge in [-0.25, -0.2) is 4.79 Å². The van der Waals surface area contributed by atoms with Crippen molar-refractivity contribution in [1.82, 2.24) is 0 Å². The third-order valence-electron chi connectivity index (χ3n) is 2.58. The number of rotatable bonds is 2. The van der Waals surface area contributed by atoms with Gasteiger partial charge in [0.1, 0.15) is 5.75 Å². The molecule has 0 aliphatic carbocycles. The van der Waals surface area contributed by atoms with Crippen LogP contribution < -0.4 is 4.74 Å². The van der Waals surface area contributed by atoms with E-state index < -0.39 is 0 Å². The van der Waals surface area contributed by atoms with Gasteiger partial charge in [0.05, 0.1) is 0 Å². The first-order valence-corrected chi connectivity index (χ1v) is 4.76. The third-order valence-corrected chi connectivity index (χ3v) is 2.58. The summed E-state index contributed by atoms with van der Waals surface area (Å²) < 4.78 is 4.68. The van der Waals surface area contributed by atoms with Crippen molar-refractivity contribution in [3.05, 3.63) is 41.5 Å². The lowest BCUT2D eigenvalue weighted by Gasteiger charge is -2.05. The van der Waals surface area contributed by atoms with Gasteiger partial charge in [-0.15, -0.1) is 0 Å². The van der Waals surface area contributed by atoms with Crippen molar-refractivity contribution in [1.29, 1.82) is 0 Å². The summed E-state index contributed by atoms with van der Waals surface area (Å²) >= 11 is 0. The number of aryl methyl sites for hydroxylation is 2. The second-order valence-corrected chi connectivity index (χ2v) is 3.63. The molecule has 0 aliphatic heterocycles. The van der Waals surface area contributed by atoms with Crippen LogP contribution in [-0.2, 0) is 4.79 Å². The molecule has 0 aliphatic rings. The van der Waals surface area contributed by atoms with E-state index in [1.165, 1.54) is 17.6 Å². The lowest BCUT2D eigenvalue weighted by atomic mass is 10.0. The molecule has 75 valence electrons. The first kappa shape index (κ1) is 9.71. The van der Waals surface area contributed by atoms with E-state index in [1.54, 1.807) is 6.07 Å². The molecule has 2 aromatic carbocycles. The SMILES string of the molecule is Cc1cc2ccc(O[C]=O)cc2cc1C. The summed E-state index contributed by atoms with van der Waals surface area (Å²) in [6, 6.07) is 9.75. The smallest absolute Gasteiger partial charge is 0.418 e. The zero-order valence-corrected chi connectivity index (χ0v) is 8.70. The van der Waals surface area contributed by atoms with Crippen LogP contribution in [0, 0.1) is 13.8 Å². The third kappa shape index (κ3) is 1.84. The Hall–Kier alpha value is -1.83. The van der Waals surface area contributed by atoms with E-state index in [-0.39, 0.29) is 0 Å². The van der Waals surface area contributed by atoms with Gasteiger partial charge in [0.15, 0.2) is 0 Å². The molecule has 2 heteroatoms. The van der Waals surface area contributed by atoms with Crippen LogP contribution in [0.5, 0.6) is 5.75 Å². The molecule has 2 aromatic rings. The molecule has 1 radical (unpaired) electrons. The molecule has 0 bridgehead atoms. The molecule has 0 unspecified atom stereocenters. The quantitative estimate of drug-likeness (QED) is 0.743. The summed E-state index contributed by atoms with van der Waals surface area (Å²) in [4.78, 5) is 10.1. The van der Waals surface area contributed by atoms with Crippen LogP contribution in [0.2, 0.25) is 0 Å². The Labute approximate surface area is 88.5 Å². The molecule has 0 heterocycles. The minimum atomic E-state index is 0.528. The first-order valence-electron chi connectivity index (χ1n) is 4.76. The van der Waals surface area contributed by atoms with Crippen LogP contribution in [0.3, 0.4) is 0 Å². The highest BCUT2D eigenvalue weighted by Crippen LogP contribution is 2.23. The number of fused-ring (bicyclic) bond motifs is 1. The highest BCUT2D eigenvalue weighted by Gasteiger charge is 2.00. The van der Waals surface area contributed by atoms with Crippen LogP contribution >= 0.6 is 0 Å². The van der Waals surface area contributed by atoms with E-state index >= 15 is 0 Å². The van der Waals surface area contributed by atoms with Gasteiger partial charge >= 0.3 is 6.47 Å². The van der Waals surface area contributed by atoms with Gasteiger partial charge in [0.25, 0.3) is 0 Å². The number of hydrogen-bond donors (Lipinski definition) is 0. The van der Waals surface area contributed by atoms with Crippen molar-refractivity contribution in [2.75, 3.05) is 0 Å². The Bertz CT molecular complexity index is 515. The monoisotopic (exact) mass is 199 g/mol. The number of hydrogen-bond acceptors (Lipinski definition) is 2. The van der Waals surface area contributed by atoms with E-state index in [4.69, 9.17) is 0 Å². The summed E-state index contributed by atoms with van der Waals surface area (Å²) in [5.74, 6) is 0.528. The average molecular weight is 199 g/mol. The van der Waals surface area contributed by atoms with Gasteiger partial charge in [0.2, 0.25) is 0 Å². The Morgan fingerprint density at radius 2 is 1.67 bits per heavy atom. The molecule has 0 amide bonds. The maximum Gasteiger partial charge on any atom is 0.423 e. The Morgan fingerprint density at radius 3 is 2.33 bits per heavy atom. The van der Waals surface area contributed by atoms with Crippen molar-refractivity contribution in [2.24, 2.45) is 0 Å². The van der Waals surface area contributed by atoms with Crippen molar-refractivity contribution < 1.29 is 9.53 Å². The molecule has 0 fully saturated rings. The van der Waals surface area contributed by atoms with E-state index in [9.17, 15) is 4.79 Å². The summed E-state index contributed by atoms with van der Waals surface area (Å²) in [6.45, 7) is 5.57. The summed E-state index contributed by atoms with van der Waals surface area (Å²) in [6.07, 6.45) is 0. The van der Waals surface area contributed by atoms with Gasteiger partial charge in [-0.2, -0.15) is 0 Å². The number of ether oxygens (including phenoxy) is 1. The molecule has 0 spiro atoms. The Morgan fingerprint density at radius 1 is 1.00 bits per heavy atom. The molecule has 0 saturated carbocycles. The predicted molar refractivity (Wildman–Crippen MR) is 59.7 cm³/mol.